The lowest BCUT2D eigenvalue weighted by atomic mass is 10.3. The number of halogens is 4. The van der Waals surface area contributed by atoms with Crippen LogP contribution in [0.15, 0.2) is 24.7 Å². The number of nitrogens with one attached hydrogen (secondary N) is 1. The Bertz CT molecular complexity index is 901. The third-order valence-electron chi connectivity index (χ3n) is 2.75. The van der Waals surface area contributed by atoms with Crippen molar-refractivity contribution in [2.24, 2.45) is 0 Å². The van der Waals surface area contributed by atoms with Crippen LogP contribution in [-0.2, 0) is 0 Å². The van der Waals surface area contributed by atoms with Crippen LogP contribution in [0.2, 0.25) is 15.3 Å². The molecule has 0 saturated heterocycles. The smallest absolute Gasteiger partial charge is 0.224 e. The molecule has 9 heteroatoms. The maximum Gasteiger partial charge on any atom is 0.224 e. The molecular weight excluding hydrogens is 340 g/mol. The molecule has 2 aromatic heterocycles. The summed E-state index contributed by atoms with van der Waals surface area (Å²) in [4.78, 5) is 11.8. The van der Waals surface area contributed by atoms with E-state index < -0.39 is 5.82 Å². The van der Waals surface area contributed by atoms with Crippen LogP contribution < -0.4 is 5.49 Å². The highest BCUT2D eigenvalue weighted by Gasteiger charge is 2.13. The second-order valence-electron chi connectivity index (χ2n) is 4.06. The molecule has 2 heterocycles. The lowest BCUT2D eigenvalue weighted by Crippen LogP contribution is -2.20. The van der Waals surface area contributed by atoms with E-state index in [2.05, 4.69) is 15.0 Å². The molecule has 0 atom stereocenters. The van der Waals surface area contributed by atoms with Gasteiger partial charge in [0.2, 0.25) is 5.28 Å². The number of hydrogen-bond acceptors (Lipinski definition) is 4. The molecule has 0 saturated carbocycles. The minimum atomic E-state index is -0.565. The Morgan fingerprint density at radius 2 is 1.76 bits per heavy atom. The summed E-state index contributed by atoms with van der Waals surface area (Å²) >= 11 is 17.7. The van der Waals surface area contributed by atoms with Crippen molar-refractivity contribution in [2.45, 2.75) is 0 Å². The third kappa shape index (κ3) is 2.46. The Hall–Kier alpha value is -1.76. The van der Waals surface area contributed by atoms with Crippen molar-refractivity contribution in [3.8, 4) is 5.69 Å². The Balaban J connectivity index is 2.35. The molecule has 1 aromatic carbocycles. The topological polar surface area (TPSA) is 67.5 Å². The molecule has 0 unspecified atom stereocenters. The van der Waals surface area contributed by atoms with Gasteiger partial charge < -0.3 is 0 Å². The highest BCUT2D eigenvalue weighted by atomic mass is 35.5. The summed E-state index contributed by atoms with van der Waals surface area (Å²) in [6, 6.07) is 2.22. The quantitative estimate of drug-likeness (QED) is 0.688. The van der Waals surface area contributed by atoms with E-state index in [1.807, 2.05) is 0 Å². The highest BCUT2D eigenvalue weighted by molar-refractivity contribution is 6.37. The van der Waals surface area contributed by atoms with Gasteiger partial charge in [-0.15, -0.1) is 0 Å². The first kappa shape index (κ1) is 14.2. The normalized spacial score (nSPS) is 11.0. The van der Waals surface area contributed by atoms with Gasteiger partial charge in [0.05, 0.1) is 21.1 Å². The maximum atomic E-state index is 13.2. The summed E-state index contributed by atoms with van der Waals surface area (Å²) in [5, 5.41) is 8.70. The Labute approximate surface area is 132 Å². The van der Waals surface area contributed by atoms with E-state index in [4.69, 9.17) is 40.2 Å². The van der Waals surface area contributed by atoms with Gasteiger partial charge in [0.1, 0.15) is 17.6 Å². The minimum absolute atomic E-state index is 0.00655. The van der Waals surface area contributed by atoms with Crippen molar-refractivity contribution in [1.82, 2.24) is 19.5 Å². The van der Waals surface area contributed by atoms with E-state index in [0.29, 0.717) is 5.39 Å². The van der Waals surface area contributed by atoms with E-state index in [1.54, 1.807) is 0 Å². The first-order chi connectivity index (χ1) is 9.97. The van der Waals surface area contributed by atoms with Gasteiger partial charge in [0, 0.05) is 6.20 Å². The zero-order valence-electron chi connectivity index (χ0n) is 10.1. The maximum absolute atomic E-state index is 13.2. The molecule has 0 aliphatic heterocycles. The SMILES string of the molecule is N=c1c2cnc(Cl)nc2ncn1-c1c(Cl)cc(F)cc1Cl. The van der Waals surface area contributed by atoms with Crippen molar-refractivity contribution in [3.05, 3.63) is 51.3 Å². The van der Waals surface area contributed by atoms with Crippen LogP contribution >= 0.6 is 34.8 Å². The summed E-state index contributed by atoms with van der Waals surface area (Å²) < 4.78 is 14.6. The van der Waals surface area contributed by atoms with Crippen LogP contribution in [0, 0.1) is 11.2 Å². The largest absolute Gasteiger partial charge is 0.283 e. The molecule has 106 valence electrons. The zero-order chi connectivity index (χ0) is 15.1. The molecule has 0 amide bonds. The van der Waals surface area contributed by atoms with Crippen molar-refractivity contribution in [1.29, 1.82) is 5.41 Å². The molecule has 1 N–H and O–H groups in total. The number of hydrogen-bond donors (Lipinski definition) is 1. The lowest BCUT2D eigenvalue weighted by Gasteiger charge is -2.11. The van der Waals surface area contributed by atoms with Gasteiger partial charge in [0.25, 0.3) is 0 Å². The molecule has 0 spiro atoms. The van der Waals surface area contributed by atoms with E-state index in [1.165, 1.54) is 17.1 Å². The van der Waals surface area contributed by atoms with Gasteiger partial charge in [-0.05, 0) is 23.7 Å². The van der Waals surface area contributed by atoms with Gasteiger partial charge in [0.15, 0.2) is 5.65 Å². The first-order valence-corrected chi connectivity index (χ1v) is 6.70. The van der Waals surface area contributed by atoms with Gasteiger partial charge in [-0.3, -0.25) is 9.98 Å². The van der Waals surface area contributed by atoms with Crippen molar-refractivity contribution in [2.75, 3.05) is 0 Å². The van der Waals surface area contributed by atoms with Gasteiger partial charge in [-0.1, -0.05) is 23.2 Å². The Morgan fingerprint density at radius 3 is 2.43 bits per heavy atom. The monoisotopic (exact) mass is 343 g/mol. The number of fused-ring (bicyclic) bond motifs is 1. The second-order valence-corrected chi connectivity index (χ2v) is 5.21. The fourth-order valence-corrected chi connectivity index (χ4v) is 2.62. The molecule has 0 fully saturated rings. The van der Waals surface area contributed by atoms with Gasteiger partial charge in [-0.25, -0.2) is 14.4 Å². The van der Waals surface area contributed by atoms with Crippen molar-refractivity contribution >= 4 is 45.8 Å². The lowest BCUT2D eigenvalue weighted by molar-refractivity contribution is 0.627. The second kappa shape index (κ2) is 5.22. The minimum Gasteiger partial charge on any atom is -0.283 e. The standard InChI is InChI=1S/C12H5Cl3FN5/c13-7-1-5(16)2-8(14)9(7)21-4-19-11-6(10(21)17)3-18-12(15)20-11/h1-4,17H. The van der Waals surface area contributed by atoms with Crippen LogP contribution in [0.4, 0.5) is 4.39 Å². The van der Waals surface area contributed by atoms with Gasteiger partial charge >= 0.3 is 0 Å². The Morgan fingerprint density at radius 1 is 1.10 bits per heavy atom. The average Bonchev–Trinajstić information content (AvgIpc) is 2.40. The highest BCUT2D eigenvalue weighted by Crippen LogP contribution is 2.28. The van der Waals surface area contributed by atoms with Crippen LogP contribution in [0.1, 0.15) is 0 Å². The van der Waals surface area contributed by atoms with Crippen molar-refractivity contribution < 1.29 is 4.39 Å². The molecule has 3 rings (SSSR count). The summed E-state index contributed by atoms with van der Waals surface area (Å²) in [5.74, 6) is -0.565. The zero-order valence-corrected chi connectivity index (χ0v) is 12.4. The molecule has 5 nitrogen and oxygen atoms in total. The van der Waals surface area contributed by atoms with Gasteiger partial charge in [-0.2, -0.15) is 4.98 Å². The van der Waals surface area contributed by atoms with Crippen LogP contribution in [-0.4, -0.2) is 19.5 Å². The third-order valence-corrected chi connectivity index (χ3v) is 3.51. The van der Waals surface area contributed by atoms with Crippen LogP contribution in [0.3, 0.4) is 0 Å². The summed E-state index contributed by atoms with van der Waals surface area (Å²) in [6.45, 7) is 0. The van der Waals surface area contributed by atoms with E-state index in [9.17, 15) is 4.39 Å². The molecule has 0 aliphatic carbocycles. The first-order valence-electron chi connectivity index (χ1n) is 5.57. The molecule has 3 aromatic rings. The number of aromatic nitrogens is 4. The van der Waals surface area contributed by atoms with Crippen LogP contribution in [0.5, 0.6) is 0 Å². The summed E-state index contributed by atoms with van der Waals surface area (Å²) in [5.41, 5.74) is 0.534. The van der Waals surface area contributed by atoms with E-state index >= 15 is 0 Å². The molecule has 0 aliphatic rings. The Kier molecular flexibility index (Phi) is 3.52. The number of benzene rings is 1. The predicted octanol–water partition coefficient (Wildman–Crippen LogP) is 3.39. The van der Waals surface area contributed by atoms with E-state index in [-0.39, 0.29) is 32.2 Å². The molecular formula is C12H5Cl3FN5. The number of rotatable bonds is 1. The van der Waals surface area contributed by atoms with Crippen LogP contribution in [0.25, 0.3) is 16.7 Å². The average molecular weight is 345 g/mol. The summed E-state index contributed by atoms with van der Waals surface area (Å²) in [6.07, 6.45) is 2.70. The van der Waals surface area contributed by atoms with E-state index in [0.717, 1.165) is 12.1 Å². The fraction of sp³-hybridized carbons (Fsp3) is 0. The molecule has 0 bridgehead atoms. The summed E-state index contributed by atoms with van der Waals surface area (Å²) in [7, 11) is 0. The molecule has 0 radical (unpaired) electrons. The fourth-order valence-electron chi connectivity index (χ4n) is 1.85. The molecule has 21 heavy (non-hydrogen) atoms. The number of nitrogens with zero attached hydrogens (tertiary/aromatic N) is 4. The predicted molar refractivity (Wildman–Crippen MR) is 77.5 cm³/mol. The van der Waals surface area contributed by atoms with Crippen molar-refractivity contribution in [3.63, 3.8) is 0 Å².